The van der Waals surface area contributed by atoms with Crippen LogP contribution in [0, 0.1) is 0 Å². The van der Waals surface area contributed by atoms with Gasteiger partial charge < -0.3 is 20.5 Å². The van der Waals surface area contributed by atoms with Crippen LogP contribution in [0.4, 0.5) is 23.3 Å². The number of aromatic nitrogens is 4. The van der Waals surface area contributed by atoms with E-state index in [1.165, 1.54) is 6.20 Å². The van der Waals surface area contributed by atoms with Gasteiger partial charge in [-0.1, -0.05) is 23.7 Å². The van der Waals surface area contributed by atoms with E-state index in [-0.39, 0.29) is 0 Å². The van der Waals surface area contributed by atoms with E-state index < -0.39 is 7.14 Å². The van der Waals surface area contributed by atoms with Crippen LogP contribution in [0.1, 0.15) is 5.69 Å². The molecule has 0 fully saturated rings. The average Bonchev–Trinajstić information content (AvgIpc) is 3.06. The van der Waals surface area contributed by atoms with Crippen LogP contribution in [-0.2, 0) is 17.7 Å². The summed E-state index contributed by atoms with van der Waals surface area (Å²) in [6.07, 6.45) is 1.52. The van der Waals surface area contributed by atoms with Crippen LogP contribution in [0.25, 0.3) is 0 Å². The molecule has 28 heavy (non-hydrogen) atoms. The zero-order valence-corrected chi connectivity index (χ0v) is 17.3. The average molecular weight is 418 g/mol. The third kappa shape index (κ3) is 4.04. The molecule has 0 atom stereocenters. The summed E-state index contributed by atoms with van der Waals surface area (Å²) < 4.78 is 14.5. The number of halogens is 1. The highest BCUT2D eigenvalue weighted by Gasteiger charge is 2.17. The Labute approximate surface area is 168 Å². The molecule has 4 rings (SSSR count). The topological polar surface area (TPSA) is 96.8 Å². The molecule has 1 aromatic carbocycles. The monoisotopic (exact) mass is 417 g/mol. The quantitative estimate of drug-likeness (QED) is 0.548. The van der Waals surface area contributed by atoms with Crippen molar-refractivity contribution in [1.29, 1.82) is 0 Å². The van der Waals surface area contributed by atoms with Crippen molar-refractivity contribution >= 4 is 47.3 Å². The molecule has 0 amide bonds. The SMILES string of the molecule is CP(C)(=O)c1ccccc1Nc1nc(Nc2cc3n(n2)CCNC3)ncc1Cl. The van der Waals surface area contributed by atoms with E-state index in [1.807, 2.05) is 35.0 Å². The number of benzene rings is 1. The van der Waals surface area contributed by atoms with Gasteiger partial charge in [-0.05, 0) is 25.5 Å². The molecule has 3 N–H and O–H groups in total. The molecule has 0 saturated carbocycles. The zero-order chi connectivity index (χ0) is 19.7. The zero-order valence-electron chi connectivity index (χ0n) is 15.6. The van der Waals surface area contributed by atoms with Gasteiger partial charge >= 0.3 is 0 Å². The minimum Gasteiger partial charge on any atom is -0.338 e. The molecule has 10 heteroatoms. The molecular formula is C18H21ClN7OP. The fourth-order valence-electron chi connectivity index (χ4n) is 3.06. The van der Waals surface area contributed by atoms with E-state index in [0.29, 0.717) is 28.3 Å². The number of anilines is 4. The van der Waals surface area contributed by atoms with Crippen LogP contribution in [0.2, 0.25) is 5.02 Å². The lowest BCUT2D eigenvalue weighted by molar-refractivity contribution is 0.476. The first-order chi connectivity index (χ1) is 13.4. The molecule has 0 unspecified atom stereocenters. The summed E-state index contributed by atoms with van der Waals surface area (Å²) in [5.41, 5.74) is 1.82. The Kier molecular flexibility index (Phi) is 5.10. The van der Waals surface area contributed by atoms with Gasteiger partial charge in [0.1, 0.15) is 12.2 Å². The van der Waals surface area contributed by atoms with E-state index >= 15 is 0 Å². The van der Waals surface area contributed by atoms with E-state index in [2.05, 4.69) is 31.0 Å². The van der Waals surface area contributed by atoms with Crippen LogP contribution >= 0.6 is 18.7 Å². The van der Waals surface area contributed by atoms with Crippen molar-refractivity contribution in [3.8, 4) is 0 Å². The van der Waals surface area contributed by atoms with Crippen molar-refractivity contribution in [2.45, 2.75) is 13.1 Å². The summed E-state index contributed by atoms with van der Waals surface area (Å²) in [6.45, 7) is 5.98. The van der Waals surface area contributed by atoms with Gasteiger partial charge in [0.05, 0.1) is 24.1 Å². The van der Waals surface area contributed by atoms with Crippen LogP contribution in [-0.4, -0.2) is 39.6 Å². The second-order valence-corrected chi connectivity index (χ2v) is 10.5. The van der Waals surface area contributed by atoms with Crippen molar-refractivity contribution in [2.75, 3.05) is 30.5 Å². The van der Waals surface area contributed by atoms with Crippen molar-refractivity contribution in [2.24, 2.45) is 0 Å². The fourth-order valence-corrected chi connectivity index (χ4v) is 4.35. The van der Waals surface area contributed by atoms with Crippen LogP contribution < -0.4 is 21.3 Å². The molecule has 3 aromatic rings. The number of nitrogens with one attached hydrogen (secondary N) is 3. The normalized spacial score (nSPS) is 13.8. The standard InChI is InChI=1S/C18H21ClN7OP/c1-28(2,27)15-6-4-3-5-14(15)22-17-13(19)11-21-18(24-17)23-16-9-12-10-20-7-8-26(12)25-16/h3-6,9,11,20H,7-8,10H2,1-2H3,(H2,21,22,23,24,25). The van der Waals surface area contributed by atoms with Gasteiger partial charge in [-0.15, -0.1) is 0 Å². The predicted octanol–water partition coefficient (Wildman–Crippen LogP) is 3.16. The fraction of sp³-hybridized carbons (Fsp3) is 0.278. The maximum atomic E-state index is 12.6. The number of para-hydroxylation sites is 1. The summed E-state index contributed by atoms with van der Waals surface area (Å²) in [7, 11) is -2.46. The van der Waals surface area contributed by atoms with E-state index in [1.54, 1.807) is 13.3 Å². The predicted molar refractivity (Wildman–Crippen MR) is 113 cm³/mol. The van der Waals surface area contributed by atoms with Crippen LogP contribution in [0.15, 0.2) is 36.5 Å². The maximum Gasteiger partial charge on any atom is 0.230 e. The molecule has 1 aliphatic heterocycles. The second kappa shape index (κ2) is 7.54. The van der Waals surface area contributed by atoms with E-state index in [9.17, 15) is 4.57 Å². The summed E-state index contributed by atoms with van der Waals surface area (Å²) in [6, 6.07) is 9.42. The first-order valence-electron chi connectivity index (χ1n) is 8.89. The third-order valence-corrected chi connectivity index (χ3v) is 6.22. The Hall–Kier alpha value is -2.41. The first-order valence-corrected chi connectivity index (χ1v) is 11.9. The third-order valence-electron chi connectivity index (χ3n) is 4.39. The molecule has 0 radical (unpaired) electrons. The molecule has 0 spiro atoms. The lowest BCUT2D eigenvalue weighted by Gasteiger charge is -2.15. The molecule has 8 nitrogen and oxygen atoms in total. The molecular weight excluding hydrogens is 397 g/mol. The Balaban J connectivity index is 1.60. The van der Waals surface area contributed by atoms with Crippen LogP contribution in [0.5, 0.6) is 0 Å². The minimum atomic E-state index is -2.46. The molecule has 0 aliphatic carbocycles. The van der Waals surface area contributed by atoms with Crippen LogP contribution in [0.3, 0.4) is 0 Å². The minimum absolute atomic E-state index is 0.371. The summed E-state index contributed by atoms with van der Waals surface area (Å²) in [5, 5.41) is 15.3. The highest BCUT2D eigenvalue weighted by molar-refractivity contribution is 7.70. The second-order valence-electron chi connectivity index (χ2n) is 6.93. The summed E-state index contributed by atoms with van der Waals surface area (Å²) in [4.78, 5) is 8.71. The van der Waals surface area contributed by atoms with E-state index in [0.717, 1.165) is 30.6 Å². The van der Waals surface area contributed by atoms with Gasteiger partial charge in [0.15, 0.2) is 11.6 Å². The Morgan fingerprint density at radius 3 is 2.86 bits per heavy atom. The molecule has 0 saturated heterocycles. The number of nitrogens with zero attached hydrogens (tertiary/aromatic N) is 4. The van der Waals surface area contributed by atoms with Gasteiger partial charge in [-0.25, -0.2) is 4.98 Å². The van der Waals surface area contributed by atoms with Gasteiger partial charge in [0.25, 0.3) is 0 Å². The first kappa shape index (κ1) is 18.9. The maximum absolute atomic E-state index is 12.6. The summed E-state index contributed by atoms with van der Waals surface area (Å²) in [5.74, 6) is 1.49. The number of rotatable bonds is 5. The Morgan fingerprint density at radius 2 is 2.07 bits per heavy atom. The number of hydrogen-bond acceptors (Lipinski definition) is 7. The molecule has 1 aliphatic rings. The lowest BCUT2D eigenvalue weighted by atomic mass is 10.3. The smallest absolute Gasteiger partial charge is 0.230 e. The van der Waals surface area contributed by atoms with Crippen molar-refractivity contribution in [3.05, 3.63) is 47.2 Å². The highest BCUT2D eigenvalue weighted by Crippen LogP contribution is 2.38. The number of fused-ring (bicyclic) bond motifs is 1. The van der Waals surface area contributed by atoms with Gasteiger partial charge in [-0.2, -0.15) is 10.1 Å². The molecule has 2 aromatic heterocycles. The van der Waals surface area contributed by atoms with E-state index in [4.69, 9.17) is 11.6 Å². The van der Waals surface area contributed by atoms with Crippen molar-refractivity contribution in [3.63, 3.8) is 0 Å². The highest BCUT2D eigenvalue weighted by atomic mass is 35.5. The molecule has 0 bridgehead atoms. The Morgan fingerprint density at radius 1 is 1.25 bits per heavy atom. The van der Waals surface area contributed by atoms with Crippen molar-refractivity contribution < 1.29 is 4.57 Å². The summed E-state index contributed by atoms with van der Waals surface area (Å²) >= 11 is 6.29. The van der Waals surface area contributed by atoms with Gasteiger partial charge in [-0.3, -0.25) is 4.68 Å². The Bertz CT molecular complexity index is 1040. The lowest BCUT2D eigenvalue weighted by Crippen LogP contribution is -2.28. The molecule has 3 heterocycles. The van der Waals surface area contributed by atoms with Crippen molar-refractivity contribution in [1.82, 2.24) is 25.1 Å². The van der Waals surface area contributed by atoms with Gasteiger partial charge in [0, 0.05) is 24.5 Å². The van der Waals surface area contributed by atoms with Gasteiger partial charge in [0.2, 0.25) is 5.95 Å². The largest absolute Gasteiger partial charge is 0.338 e. The molecule has 146 valence electrons. The number of hydrogen-bond donors (Lipinski definition) is 3.